The highest BCUT2D eigenvalue weighted by Gasteiger charge is 2.20. The molecule has 6 nitrogen and oxygen atoms in total. The number of fused-ring (bicyclic) bond motifs is 1. The van der Waals surface area contributed by atoms with Gasteiger partial charge in [0.15, 0.2) is 0 Å². The summed E-state index contributed by atoms with van der Waals surface area (Å²) >= 11 is 0. The zero-order chi connectivity index (χ0) is 20.3. The van der Waals surface area contributed by atoms with Gasteiger partial charge in [-0.3, -0.25) is 9.59 Å². The molecule has 3 rings (SSSR count). The maximum Gasteiger partial charge on any atom is 0.255 e. The quantitative estimate of drug-likeness (QED) is 0.828. The molecule has 1 atom stereocenters. The van der Waals surface area contributed by atoms with Crippen LogP contribution in [0.4, 0.5) is 0 Å². The molecule has 2 aromatic carbocycles. The van der Waals surface area contributed by atoms with Crippen LogP contribution in [-0.4, -0.2) is 32.6 Å². The van der Waals surface area contributed by atoms with Crippen LogP contribution in [0.1, 0.15) is 27.9 Å². The number of amides is 2. The third kappa shape index (κ3) is 3.91. The van der Waals surface area contributed by atoms with E-state index >= 15 is 0 Å². The Morgan fingerprint density at radius 1 is 1.14 bits per heavy atom. The minimum atomic E-state index is -0.340. The minimum absolute atomic E-state index is 0.169. The van der Waals surface area contributed by atoms with Crippen molar-refractivity contribution < 1.29 is 19.1 Å². The van der Waals surface area contributed by atoms with E-state index in [9.17, 15) is 9.59 Å². The Balaban J connectivity index is 1.68. The van der Waals surface area contributed by atoms with Gasteiger partial charge in [0, 0.05) is 12.6 Å². The molecule has 1 aliphatic rings. The molecule has 0 spiro atoms. The zero-order valence-electron chi connectivity index (χ0n) is 16.5. The number of nitrogens with one attached hydrogen (secondary N) is 1. The summed E-state index contributed by atoms with van der Waals surface area (Å²) in [5, 5.41) is 4.58. The van der Waals surface area contributed by atoms with Crippen molar-refractivity contribution in [2.75, 3.05) is 20.8 Å². The number of ether oxygens (including phenoxy) is 2. The van der Waals surface area contributed by atoms with E-state index in [4.69, 9.17) is 9.47 Å². The summed E-state index contributed by atoms with van der Waals surface area (Å²) < 4.78 is 10.4. The predicted molar refractivity (Wildman–Crippen MR) is 106 cm³/mol. The highest BCUT2D eigenvalue weighted by Crippen LogP contribution is 2.24. The Bertz CT molecular complexity index is 1040. The van der Waals surface area contributed by atoms with E-state index < -0.39 is 0 Å². The summed E-state index contributed by atoms with van der Waals surface area (Å²) in [5.41, 5.74) is 2.56. The first kappa shape index (κ1) is 19.6. The Kier molecular flexibility index (Phi) is 5.78. The van der Waals surface area contributed by atoms with Gasteiger partial charge in [-0.15, -0.1) is 0 Å². The van der Waals surface area contributed by atoms with Crippen LogP contribution < -0.4 is 25.4 Å². The number of hydrogen-bond donors (Lipinski definition) is 1. The van der Waals surface area contributed by atoms with Crippen LogP contribution in [0.5, 0.6) is 11.5 Å². The molecule has 0 bridgehead atoms. The second kappa shape index (κ2) is 8.25. The number of carbonyl (C=O) groups excluding carboxylic acids is 2. The molecule has 0 saturated carbocycles. The molecule has 2 amide bonds. The monoisotopic (exact) mass is 380 g/mol. The summed E-state index contributed by atoms with van der Waals surface area (Å²) in [4.78, 5) is 29.1. The molecule has 1 aliphatic heterocycles. The summed E-state index contributed by atoms with van der Waals surface area (Å²) in [6.07, 6.45) is 2.43. The lowest BCUT2D eigenvalue weighted by Gasteiger charge is -2.15. The van der Waals surface area contributed by atoms with Crippen molar-refractivity contribution in [2.24, 2.45) is 10.9 Å². The number of rotatable bonds is 6. The van der Waals surface area contributed by atoms with E-state index in [-0.39, 0.29) is 17.7 Å². The van der Waals surface area contributed by atoms with E-state index in [1.54, 1.807) is 25.3 Å². The van der Waals surface area contributed by atoms with Gasteiger partial charge in [0.25, 0.3) is 11.8 Å². The Hall–Kier alpha value is -3.15. The van der Waals surface area contributed by atoms with Crippen LogP contribution >= 0.6 is 0 Å². The van der Waals surface area contributed by atoms with Gasteiger partial charge >= 0.3 is 0 Å². The summed E-state index contributed by atoms with van der Waals surface area (Å²) in [7, 11) is 3.06. The Labute approximate surface area is 163 Å². The molecule has 0 aliphatic carbocycles. The third-order valence-electron chi connectivity index (χ3n) is 5.05. The minimum Gasteiger partial charge on any atom is -0.497 e. The highest BCUT2D eigenvalue weighted by atomic mass is 16.5. The van der Waals surface area contributed by atoms with E-state index in [0.29, 0.717) is 30.0 Å². The average Bonchev–Trinajstić information content (AvgIpc) is 2.71. The number of nitrogens with zero attached hydrogens (tertiary/aromatic N) is 1. The smallest absolute Gasteiger partial charge is 0.255 e. The lowest BCUT2D eigenvalue weighted by Crippen LogP contribution is -2.37. The Morgan fingerprint density at radius 2 is 1.93 bits per heavy atom. The fraction of sp³-hybridized carbons (Fsp3) is 0.318. The number of hydrogen-bond acceptors (Lipinski definition) is 4. The van der Waals surface area contributed by atoms with Crippen molar-refractivity contribution >= 4 is 17.9 Å². The van der Waals surface area contributed by atoms with E-state index in [2.05, 4.69) is 10.3 Å². The van der Waals surface area contributed by atoms with Gasteiger partial charge in [-0.25, -0.2) is 4.99 Å². The van der Waals surface area contributed by atoms with Crippen LogP contribution in [0, 0.1) is 19.8 Å². The van der Waals surface area contributed by atoms with Gasteiger partial charge in [0.2, 0.25) is 0 Å². The predicted octanol–water partition coefficient (Wildman–Crippen LogP) is 1.70. The van der Waals surface area contributed by atoms with Crippen molar-refractivity contribution in [1.29, 1.82) is 0 Å². The number of benzene rings is 2. The molecule has 0 fully saturated rings. The van der Waals surface area contributed by atoms with Crippen LogP contribution in [0.3, 0.4) is 0 Å². The van der Waals surface area contributed by atoms with Gasteiger partial charge in [0.1, 0.15) is 11.5 Å². The number of carbonyl (C=O) groups is 2. The second-order valence-corrected chi connectivity index (χ2v) is 6.78. The topological polar surface area (TPSA) is 77.0 Å². The van der Waals surface area contributed by atoms with Gasteiger partial charge in [-0.05, 0) is 48.7 Å². The van der Waals surface area contributed by atoms with Crippen molar-refractivity contribution in [1.82, 2.24) is 5.32 Å². The maximum absolute atomic E-state index is 12.5. The maximum atomic E-state index is 12.5. The van der Waals surface area contributed by atoms with Crippen LogP contribution in [0.15, 0.2) is 35.3 Å². The van der Waals surface area contributed by atoms with Crippen molar-refractivity contribution in [2.45, 2.75) is 20.3 Å². The largest absolute Gasteiger partial charge is 0.497 e. The fourth-order valence-electron chi connectivity index (χ4n) is 3.22. The molecule has 0 radical (unpaired) electrons. The number of aryl methyl sites for hydroxylation is 1. The SMILES string of the molecule is COc1ccc(C(=O)NCCC2C=c3ccc(C)c(C)c3=NC2=O)c(OC)c1. The van der Waals surface area contributed by atoms with E-state index in [0.717, 1.165) is 21.7 Å². The van der Waals surface area contributed by atoms with Crippen molar-refractivity contribution in [3.8, 4) is 11.5 Å². The first-order valence-corrected chi connectivity index (χ1v) is 9.15. The third-order valence-corrected chi connectivity index (χ3v) is 5.05. The summed E-state index contributed by atoms with van der Waals surface area (Å²) in [5.74, 6) is 0.283. The molecular formula is C22H24N2O4. The normalized spacial score (nSPS) is 15.1. The van der Waals surface area contributed by atoms with Crippen molar-refractivity contribution in [3.05, 3.63) is 57.6 Å². The first-order valence-electron chi connectivity index (χ1n) is 9.15. The van der Waals surface area contributed by atoms with E-state index in [1.807, 2.05) is 32.1 Å². The van der Waals surface area contributed by atoms with Crippen LogP contribution in [-0.2, 0) is 4.79 Å². The van der Waals surface area contributed by atoms with Gasteiger partial charge in [0.05, 0.1) is 31.1 Å². The average molecular weight is 380 g/mol. The fourth-order valence-corrected chi connectivity index (χ4v) is 3.22. The summed E-state index contributed by atoms with van der Waals surface area (Å²) in [6, 6.07) is 9.04. The molecule has 1 unspecified atom stereocenters. The first-order chi connectivity index (χ1) is 13.4. The summed E-state index contributed by atoms with van der Waals surface area (Å²) in [6.45, 7) is 4.34. The molecule has 146 valence electrons. The lowest BCUT2D eigenvalue weighted by atomic mass is 9.98. The van der Waals surface area contributed by atoms with Gasteiger partial charge in [-0.2, -0.15) is 0 Å². The molecule has 1 heterocycles. The lowest BCUT2D eigenvalue weighted by molar-refractivity contribution is -0.120. The van der Waals surface area contributed by atoms with Crippen LogP contribution in [0.2, 0.25) is 0 Å². The molecular weight excluding hydrogens is 356 g/mol. The molecule has 28 heavy (non-hydrogen) atoms. The number of methoxy groups -OCH3 is 2. The Morgan fingerprint density at radius 3 is 2.64 bits per heavy atom. The standard InChI is InChI=1S/C22H24N2O4/c1-13-5-6-15-11-16(21(25)24-20(15)14(13)2)9-10-23-22(26)18-8-7-17(27-3)12-19(18)28-4/h5-8,11-12,16H,9-10H2,1-4H3,(H,23,26). The second-order valence-electron chi connectivity index (χ2n) is 6.78. The van der Waals surface area contributed by atoms with Gasteiger partial charge in [-0.1, -0.05) is 18.2 Å². The molecule has 2 aromatic rings. The highest BCUT2D eigenvalue weighted by molar-refractivity contribution is 5.97. The zero-order valence-corrected chi connectivity index (χ0v) is 16.5. The molecule has 0 saturated heterocycles. The molecule has 1 N–H and O–H groups in total. The van der Waals surface area contributed by atoms with Crippen molar-refractivity contribution in [3.63, 3.8) is 0 Å². The molecule has 0 aromatic heterocycles. The van der Waals surface area contributed by atoms with Crippen LogP contribution in [0.25, 0.3) is 6.08 Å². The molecule has 6 heteroatoms. The van der Waals surface area contributed by atoms with Gasteiger partial charge < -0.3 is 14.8 Å². The van der Waals surface area contributed by atoms with E-state index in [1.165, 1.54) is 7.11 Å².